The van der Waals surface area contributed by atoms with Crippen LogP contribution in [0, 0.1) is 11.8 Å². The molecule has 1 aromatic rings. The molecule has 2 fully saturated rings. The van der Waals surface area contributed by atoms with Crippen LogP contribution in [-0.4, -0.2) is 56.0 Å². The first-order valence-corrected chi connectivity index (χ1v) is 10.3. The number of rotatable bonds is 3. The Hall–Kier alpha value is -1.07. The SMILES string of the molecule is CN=C(NCC1CCCN(C)C1c1cccs1)N1CCC(C)CC1. The van der Waals surface area contributed by atoms with E-state index in [1.54, 1.807) is 0 Å². The van der Waals surface area contributed by atoms with Gasteiger partial charge in [-0.1, -0.05) is 13.0 Å². The number of hydrogen-bond acceptors (Lipinski definition) is 3. The maximum Gasteiger partial charge on any atom is 0.193 e. The molecule has 0 spiro atoms. The first-order chi connectivity index (χ1) is 11.7. The third-order valence-corrected chi connectivity index (χ3v) is 6.60. The fraction of sp³-hybridized carbons (Fsp3) is 0.737. The molecule has 5 heteroatoms. The van der Waals surface area contributed by atoms with Crippen molar-refractivity contribution in [1.29, 1.82) is 0 Å². The lowest BCUT2D eigenvalue weighted by atomic mass is 9.88. The lowest BCUT2D eigenvalue weighted by Gasteiger charge is -2.40. The molecule has 24 heavy (non-hydrogen) atoms. The monoisotopic (exact) mass is 348 g/mol. The summed E-state index contributed by atoms with van der Waals surface area (Å²) in [6.07, 6.45) is 5.16. The molecule has 0 bridgehead atoms. The van der Waals surface area contributed by atoms with Gasteiger partial charge in [-0.3, -0.25) is 9.89 Å². The fourth-order valence-electron chi connectivity index (χ4n) is 4.16. The Morgan fingerprint density at radius 2 is 2.08 bits per heavy atom. The number of thiophene rings is 1. The lowest BCUT2D eigenvalue weighted by Crippen LogP contribution is -2.48. The second kappa shape index (κ2) is 8.34. The largest absolute Gasteiger partial charge is 0.356 e. The molecule has 2 unspecified atom stereocenters. The fourth-order valence-corrected chi connectivity index (χ4v) is 5.14. The summed E-state index contributed by atoms with van der Waals surface area (Å²) in [6, 6.07) is 5.02. The van der Waals surface area contributed by atoms with Gasteiger partial charge in [0.05, 0.1) is 0 Å². The highest BCUT2D eigenvalue weighted by Crippen LogP contribution is 2.36. The van der Waals surface area contributed by atoms with Crippen molar-refractivity contribution in [3.8, 4) is 0 Å². The van der Waals surface area contributed by atoms with E-state index in [0.29, 0.717) is 12.0 Å². The van der Waals surface area contributed by atoms with Crippen LogP contribution in [0.4, 0.5) is 0 Å². The van der Waals surface area contributed by atoms with Gasteiger partial charge < -0.3 is 10.2 Å². The molecule has 4 nitrogen and oxygen atoms in total. The molecule has 3 rings (SSSR count). The Balaban J connectivity index is 1.61. The van der Waals surface area contributed by atoms with Gasteiger partial charge in [0.15, 0.2) is 5.96 Å². The van der Waals surface area contributed by atoms with Crippen molar-refractivity contribution in [2.75, 3.05) is 40.3 Å². The summed E-state index contributed by atoms with van der Waals surface area (Å²) < 4.78 is 0. The highest BCUT2D eigenvalue weighted by molar-refractivity contribution is 7.10. The molecule has 2 saturated heterocycles. The molecule has 0 aromatic carbocycles. The van der Waals surface area contributed by atoms with Crippen LogP contribution in [0.5, 0.6) is 0 Å². The van der Waals surface area contributed by atoms with E-state index in [2.05, 4.69) is 51.6 Å². The highest BCUT2D eigenvalue weighted by atomic mass is 32.1. The van der Waals surface area contributed by atoms with Gasteiger partial charge in [-0.15, -0.1) is 11.3 Å². The number of likely N-dealkylation sites (tertiary alicyclic amines) is 2. The predicted molar refractivity (Wildman–Crippen MR) is 104 cm³/mol. The van der Waals surface area contributed by atoms with Crippen molar-refractivity contribution in [2.24, 2.45) is 16.8 Å². The number of nitrogens with zero attached hydrogens (tertiary/aromatic N) is 3. The Kier molecular flexibility index (Phi) is 6.17. The molecule has 0 radical (unpaired) electrons. The van der Waals surface area contributed by atoms with Crippen LogP contribution in [-0.2, 0) is 0 Å². The number of guanidine groups is 1. The summed E-state index contributed by atoms with van der Waals surface area (Å²) in [4.78, 5) is 11.0. The highest BCUT2D eigenvalue weighted by Gasteiger charge is 2.31. The average Bonchev–Trinajstić information content (AvgIpc) is 3.11. The van der Waals surface area contributed by atoms with Crippen LogP contribution in [0.25, 0.3) is 0 Å². The summed E-state index contributed by atoms with van der Waals surface area (Å²) in [7, 11) is 4.20. The molecule has 0 amide bonds. The van der Waals surface area contributed by atoms with E-state index in [0.717, 1.165) is 31.5 Å². The number of nitrogens with one attached hydrogen (secondary N) is 1. The van der Waals surface area contributed by atoms with Gasteiger partial charge in [-0.25, -0.2) is 0 Å². The van der Waals surface area contributed by atoms with Gasteiger partial charge in [0, 0.05) is 37.6 Å². The number of hydrogen-bond donors (Lipinski definition) is 1. The maximum atomic E-state index is 4.55. The van der Waals surface area contributed by atoms with Gasteiger partial charge in [-0.2, -0.15) is 0 Å². The average molecular weight is 349 g/mol. The van der Waals surface area contributed by atoms with Crippen LogP contribution >= 0.6 is 11.3 Å². The van der Waals surface area contributed by atoms with Gasteiger partial charge in [0.2, 0.25) is 0 Å². The standard InChI is InChI=1S/C19H32N4S/c1-15-8-11-23(12-9-15)19(20-2)21-14-16-6-4-10-22(3)18(16)17-7-5-13-24-17/h5,7,13,15-16,18H,4,6,8-12,14H2,1-3H3,(H,20,21). The van der Waals surface area contributed by atoms with Crippen LogP contribution in [0.1, 0.15) is 43.5 Å². The summed E-state index contributed by atoms with van der Waals surface area (Å²) in [5.41, 5.74) is 0. The lowest BCUT2D eigenvalue weighted by molar-refractivity contribution is 0.124. The van der Waals surface area contributed by atoms with E-state index in [-0.39, 0.29) is 0 Å². The third-order valence-electron chi connectivity index (χ3n) is 5.66. The van der Waals surface area contributed by atoms with Gasteiger partial charge in [-0.05, 0) is 62.6 Å². The molecule has 2 aliphatic heterocycles. The van der Waals surface area contributed by atoms with E-state index in [4.69, 9.17) is 0 Å². The Morgan fingerprint density at radius 3 is 2.75 bits per heavy atom. The summed E-state index contributed by atoms with van der Waals surface area (Å²) in [5.74, 6) is 2.61. The summed E-state index contributed by atoms with van der Waals surface area (Å²) in [6.45, 7) is 6.86. The predicted octanol–water partition coefficient (Wildman–Crippen LogP) is 3.44. The van der Waals surface area contributed by atoms with Gasteiger partial charge in [0.1, 0.15) is 0 Å². The number of piperidine rings is 2. The summed E-state index contributed by atoms with van der Waals surface area (Å²) >= 11 is 1.90. The summed E-state index contributed by atoms with van der Waals surface area (Å²) in [5, 5.41) is 5.89. The molecule has 3 heterocycles. The van der Waals surface area contributed by atoms with Crippen LogP contribution < -0.4 is 5.32 Å². The van der Waals surface area contributed by atoms with E-state index in [1.807, 2.05) is 18.4 Å². The van der Waals surface area contributed by atoms with Gasteiger partial charge >= 0.3 is 0 Å². The molecule has 2 atom stereocenters. The van der Waals surface area contributed by atoms with E-state index in [9.17, 15) is 0 Å². The molecule has 0 aliphatic carbocycles. The second-order valence-electron chi connectivity index (χ2n) is 7.44. The van der Waals surface area contributed by atoms with Crippen molar-refractivity contribution in [2.45, 2.75) is 38.6 Å². The van der Waals surface area contributed by atoms with Gasteiger partial charge in [0.25, 0.3) is 0 Å². The van der Waals surface area contributed by atoms with Crippen LogP contribution in [0.3, 0.4) is 0 Å². The molecule has 2 aliphatic rings. The van der Waals surface area contributed by atoms with E-state index in [1.165, 1.54) is 37.1 Å². The quantitative estimate of drug-likeness (QED) is 0.670. The zero-order valence-corrected chi connectivity index (χ0v) is 16.2. The minimum absolute atomic E-state index is 0.547. The number of aliphatic imine (C=N–C) groups is 1. The minimum Gasteiger partial charge on any atom is -0.356 e. The van der Waals surface area contributed by atoms with Crippen LogP contribution in [0.2, 0.25) is 0 Å². The smallest absolute Gasteiger partial charge is 0.193 e. The van der Waals surface area contributed by atoms with E-state index >= 15 is 0 Å². The van der Waals surface area contributed by atoms with Crippen molar-refractivity contribution in [1.82, 2.24) is 15.1 Å². The Morgan fingerprint density at radius 1 is 1.29 bits per heavy atom. The van der Waals surface area contributed by atoms with Crippen molar-refractivity contribution in [3.05, 3.63) is 22.4 Å². The minimum atomic E-state index is 0.547. The van der Waals surface area contributed by atoms with Crippen molar-refractivity contribution >= 4 is 17.3 Å². The zero-order valence-electron chi connectivity index (χ0n) is 15.4. The molecule has 1 aromatic heterocycles. The first-order valence-electron chi connectivity index (χ1n) is 9.38. The maximum absolute atomic E-state index is 4.55. The Labute approximate surface area is 150 Å². The molecular weight excluding hydrogens is 316 g/mol. The zero-order chi connectivity index (χ0) is 16.9. The van der Waals surface area contributed by atoms with Crippen LogP contribution in [0.15, 0.2) is 22.5 Å². The third kappa shape index (κ3) is 4.12. The Bertz CT molecular complexity index is 519. The second-order valence-corrected chi connectivity index (χ2v) is 8.42. The molecule has 1 N–H and O–H groups in total. The topological polar surface area (TPSA) is 30.9 Å². The molecular formula is C19H32N4S. The normalized spacial score (nSPS) is 27.5. The van der Waals surface area contributed by atoms with Crippen molar-refractivity contribution < 1.29 is 0 Å². The first kappa shape index (κ1) is 17.7. The molecule has 0 saturated carbocycles. The molecule has 134 valence electrons. The van der Waals surface area contributed by atoms with Crippen molar-refractivity contribution in [3.63, 3.8) is 0 Å². The van der Waals surface area contributed by atoms with E-state index < -0.39 is 0 Å².